The highest BCUT2D eigenvalue weighted by atomic mass is 16.1. The molecule has 0 aliphatic carbocycles. The molecular weight excluding hydrogens is 226 g/mol. The highest BCUT2D eigenvalue weighted by Crippen LogP contribution is 2.14. The van der Waals surface area contributed by atoms with E-state index >= 15 is 0 Å². The fourth-order valence-electron chi connectivity index (χ4n) is 2.30. The average molecular weight is 247 g/mol. The second-order valence-electron chi connectivity index (χ2n) is 4.71. The Kier molecular flexibility index (Phi) is 4.73. The van der Waals surface area contributed by atoms with Crippen molar-refractivity contribution in [2.45, 2.75) is 25.8 Å². The number of anilines is 1. The van der Waals surface area contributed by atoms with Crippen molar-refractivity contribution in [1.29, 1.82) is 0 Å². The molecule has 1 aromatic carbocycles. The maximum absolute atomic E-state index is 11.9. The van der Waals surface area contributed by atoms with Gasteiger partial charge in [-0.05, 0) is 37.6 Å². The van der Waals surface area contributed by atoms with Crippen LogP contribution in [0.15, 0.2) is 24.3 Å². The number of hydrogen-bond acceptors (Lipinski definition) is 3. The minimum Gasteiger partial charge on any atom is -0.326 e. The summed E-state index contributed by atoms with van der Waals surface area (Å²) in [5, 5.41) is 2.94. The number of likely N-dealkylation sites (tertiary alicyclic amines) is 1. The molecule has 4 nitrogen and oxygen atoms in total. The Labute approximate surface area is 108 Å². The number of hydrogen-bond donors (Lipinski definition) is 2. The molecule has 3 N–H and O–H groups in total. The summed E-state index contributed by atoms with van der Waals surface area (Å²) in [6, 6.07) is 7.68. The Hall–Kier alpha value is -1.39. The van der Waals surface area contributed by atoms with Gasteiger partial charge in [-0.3, -0.25) is 4.79 Å². The first-order chi connectivity index (χ1) is 8.79. The van der Waals surface area contributed by atoms with Crippen LogP contribution in [-0.4, -0.2) is 30.4 Å². The summed E-state index contributed by atoms with van der Waals surface area (Å²) in [6.07, 6.45) is 3.08. The fourth-order valence-corrected chi connectivity index (χ4v) is 2.30. The van der Waals surface area contributed by atoms with E-state index in [9.17, 15) is 4.79 Å². The molecule has 0 unspecified atom stereocenters. The Bertz CT molecular complexity index is 400. The van der Waals surface area contributed by atoms with Crippen LogP contribution in [-0.2, 0) is 11.3 Å². The van der Waals surface area contributed by atoms with Crippen molar-refractivity contribution >= 4 is 11.6 Å². The maximum Gasteiger partial charge on any atom is 0.225 e. The predicted molar refractivity (Wildman–Crippen MR) is 73.3 cm³/mol. The summed E-state index contributed by atoms with van der Waals surface area (Å²) in [5.41, 5.74) is 7.46. The van der Waals surface area contributed by atoms with E-state index in [1.165, 1.54) is 12.8 Å². The lowest BCUT2D eigenvalue weighted by Gasteiger charge is -2.14. The minimum atomic E-state index is 0.0720. The summed E-state index contributed by atoms with van der Waals surface area (Å²) < 4.78 is 0. The van der Waals surface area contributed by atoms with Gasteiger partial charge in [0.15, 0.2) is 0 Å². The van der Waals surface area contributed by atoms with Crippen LogP contribution in [0.25, 0.3) is 0 Å². The molecule has 0 bridgehead atoms. The Morgan fingerprint density at radius 1 is 1.28 bits per heavy atom. The van der Waals surface area contributed by atoms with Gasteiger partial charge in [-0.15, -0.1) is 0 Å². The quantitative estimate of drug-likeness (QED) is 0.830. The Balaban J connectivity index is 1.82. The zero-order valence-corrected chi connectivity index (χ0v) is 10.7. The van der Waals surface area contributed by atoms with Gasteiger partial charge >= 0.3 is 0 Å². The first-order valence-electron chi connectivity index (χ1n) is 6.60. The van der Waals surface area contributed by atoms with Crippen molar-refractivity contribution in [3.05, 3.63) is 29.8 Å². The predicted octanol–water partition coefficient (Wildman–Crippen LogP) is 1.57. The first-order valence-corrected chi connectivity index (χ1v) is 6.60. The second-order valence-corrected chi connectivity index (χ2v) is 4.71. The van der Waals surface area contributed by atoms with E-state index < -0.39 is 0 Å². The van der Waals surface area contributed by atoms with Crippen LogP contribution >= 0.6 is 0 Å². The molecule has 1 aliphatic heterocycles. The average Bonchev–Trinajstić information content (AvgIpc) is 2.90. The van der Waals surface area contributed by atoms with Crippen molar-refractivity contribution in [3.8, 4) is 0 Å². The second kappa shape index (κ2) is 6.52. The SMILES string of the molecule is NCc1ccccc1NC(=O)CCN1CCCC1. The monoisotopic (exact) mass is 247 g/mol. The van der Waals surface area contributed by atoms with Gasteiger partial charge < -0.3 is 16.0 Å². The zero-order chi connectivity index (χ0) is 12.8. The standard InChI is InChI=1S/C14H21N3O/c15-11-12-5-1-2-6-13(12)16-14(18)7-10-17-8-3-4-9-17/h1-2,5-6H,3-4,7-11,15H2,(H,16,18). The summed E-state index contributed by atoms with van der Waals surface area (Å²) in [6.45, 7) is 3.57. The fraction of sp³-hybridized carbons (Fsp3) is 0.500. The maximum atomic E-state index is 11.9. The molecule has 2 rings (SSSR count). The lowest BCUT2D eigenvalue weighted by atomic mass is 10.1. The highest BCUT2D eigenvalue weighted by molar-refractivity contribution is 5.91. The number of amides is 1. The van der Waals surface area contributed by atoms with Crippen molar-refractivity contribution < 1.29 is 4.79 Å². The van der Waals surface area contributed by atoms with Crippen LogP contribution < -0.4 is 11.1 Å². The normalized spacial score (nSPS) is 15.8. The molecule has 1 fully saturated rings. The molecule has 0 atom stereocenters. The molecular formula is C14H21N3O. The number of nitrogens with two attached hydrogens (primary N) is 1. The molecule has 1 aromatic rings. The van der Waals surface area contributed by atoms with Crippen LogP contribution in [0.5, 0.6) is 0 Å². The third kappa shape index (κ3) is 3.55. The summed E-state index contributed by atoms with van der Waals surface area (Å²) in [5.74, 6) is 0.0720. The van der Waals surface area contributed by atoms with Gasteiger partial charge in [-0.1, -0.05) is 18.2 Å². The lowest BCUT2D eigenvalue weighted by Crippen LogP contribution is -2.25. The van der Waals surface area contributed by atoms with Crippen molar-refractivity contribution in [2.75, 3.05) is 25.0 Å². The van der Waals surface area contributed by atoms with Crippen molar-refractivity contribution in [2.24, 2.45) is 5.73 Å². The Morgan fingerprint density at radius 3 is 2.72 bits per heavy atom. The largest absolute Gasteiger partial charge is 0.326 e. The molecule has 4 heteroatoms. The Morgan fingerprint density at radius 2 is 2.00 bits per heavy atom. The molecule has 1 amide bonds. The molecule has 0 aromatic heterocycles. The molecule has 1 heterocycles. The van der Waals surface area contributed by atoms with Gasteiger partial charge in [0.1, 0.15) is 0 Å². The molecule has 1 aliphatic rings. The molecule has 0 radical (unpaired) electrons. The third-order valence-electron chi connectivity index (χ3n) is 3.37. The number of carbonyl (C=O) groups excluding carboxylic acids is 1. The molecule has 0 saturated carbocycles. The summed E-state index contributed by atoms with van der Waals surface area (Å²) >= 11 is 0. The first kappa shape index (κ1) is 13.1. The van der Waals surface area contributed by atoms with Crippen LogP contribution in [0.1, 0.15) is 24.8 Å². The molecule has 1 saturated heterocycles. The van der Waals surface area contributed by atoms with Gasteiger partial charge in [-0.25, -0.2) is 0 Å². The number of nitrogens with zero attached hydrogens (tertiary/aromatic N) is 1. The number of rotatable bonds is 5. The van der Waals surface area contributed by atoms with E-state index in [-0.39, 0.29) is 5.91 Å². The van der Waals surface area contributed by atoms with E-state index in [0.717, 1.165) is 30.9 Å². The van der Waals surface area contributed by atoms with Gasteiger partial charge in [0.2, 0.25) is 5.91 Å². The van der Waals surface area contributed by atoms with Crippen LogP contribution in [0.4, 0.5) is 5.69 Å². The number of nitrogens with one attached hydrogen (secondary N) is 1. The zero-order valence-electron chi connectivity index (χ0n) is 10.7. The minimum absolute atomic E-state index is 0.0720. The van der Waals surface area contributed by atoms with Gasteiger partial charge in [-0.2, -0.15) is 0 Å². The van der Waals surface area contributed by atoms with E-state index in [0.29, 0.717) is 13.0 Å². The highest BCUT2D eigenvalue weighted by Gasteiger charge is 2.13. The van der Waals surface area contributed by atoms with Gasteiger partial charge in [0.25, 0.3) is 0 Å². The number of benzene rings is 1. The summed E-state index contributed by atoms with van der Waals surface area (Å²) in [7, 11) is 0. The van der Waals surface area contributed by atoms with Gasteiger partial charge in [0, 0.05) is 25.2 Å². The van der Waals surface area contributed by atoms with Crippen LogP contribution in [0.2, 0.25) is 0 Å². The van der Waals surface area contributed by atoms with E-state index in [2.05, 4.69) is 10.2 Å². The summed E-state index contributed by atoms with van der Waals surface area (Å²) in [4.78, 5) is 14.2. The molecule has 98 valence electrons. The lowest BCUT2D eigenvalue weighted by molar-refractivity contribution is -0.116. The van der Waals surface area contributed by atoms with Gasteiger partial charge in [0.05, 0.1) is 0 Å². The molecule has 0 spiro atoms. The number of carbonyl (C=O) groups is 1. The van der Waals surface area contributed by atoms with E-state index in [1.807, 2.05) is 24.3 Å². The topological polar surface area (TPSA) is 58.4 Å². The van der Waals surface area contributed by atoms with Crippen LogP contribution in [0, 0.1) is 0 Å². The van der Waals surface area contributed by atoms with Crippen molar-refractivity contribution in [3.63, 3.8) is 0 Å². The van der Waals surface area contributed by atoms with Crippen LogP contribution in [0.3, 0.4) is 0 Å². The van der Waals surface area contributed by atoms with E-state index in [4.69, 9.17) is 5.73 Å². The van der Waals surface area contributed by atoms with Crippen molar-refractivity contribution in [1.82, 2.24) is 4.90 Å². The third-order valence-corrected chi connectivity index (χ3v) is 3.37. The molecule has 18 heavy (non-hydrogen) atoms. The van der Waals surface area contributed by atoms with E-state index in [1.54, 1.807) is 0 Å². The number of para-hydroxylation sites is 1. The smallest absolute Gasteiger partial charge is 0.225 e.